The van der Waals surface area contributed by atoms with Crippen LogP contribution in [0.25, 0.3) is 0 Å². The topological polar surface area (TPSA) is 96.0 Å². The minimum absolute atomic E-state index is 0.00199. The normalized spacial score (nSPS) is 13.9. The summed E-state index contributed by atoms with van der Waals surface area (Å²) in [5, 5.41) is 3.12. The second-order valence-corrected chi connectivity index (χ2v) is 13.4. The number of ether oxygens (including phenoxy) is 1. The monoisotopic (exact) mass is 657 g/mol. The minimum atomic E-state index is -4.24. The molecule has 1 unspecified atom stereocenters. The lowest BCUT2D eigenvalue weighted by Crippen LogP contribution is -2.54. The first-order chi connectivity index (χ1) is 22.8. The van der Waals surface area contributed by atoms with Gasteiger partial charge in [0.15, 0.2) is 0 Å². The fourth-order valence-corrected chi connectivity index (χ4v) is 7.29. The Labute approximate surface area is 276 Å². The number of benzene rings is 4. The predicted octanol–water partition coefficient (Wildman–Crippen LogP) is 6.12. The summed E-state index contributed by atoms with van der Waals surface area (Å²) in [6.07, 6.45) is 3.84. The van der Waals surface area contributed by atoms with Crippen LogP contribution in [-0.2, 0) is 32.6 Å². The fourth-order valence-electron chi connectivity index (χ4n) is 5.86. The number of amides is 2. The molecule has 1 fully saturated rings. The Hall–Kier alpha value is -4.70. The van der Waals surface area contributed by atoms with Gasteiger partial charge in [0.2, 0.25) is 11.8 Å². The van der Waals surface area contributed by atoms with Crippen molar-refractivity contribution in [2.45, 2.75) is 62.6 Å². The van der Waals surface area contributed by atoms with E-state index in [1.165, 1.54) is 23.1 Å². The van der Waals surface area contributed by atoms with Gasteiger partial charge in [-0.25, -0.2) is 12.8 Å². The highest BCUT2D eigenvalue weighted by Crippen LogP contribution is 2.27. The van der Waals surface area contributed by atoms with Crippen LogP contribution < -0.4 is 14.4 Å². The molecule has 0 radical (unpaired) electrons. The van der Waals surface area contributed by atoms with E-state index in [9.17, 15) is 18.0 Å². The molecule has 0 heterocycles. The molecule has 47 heavy (non-hydrogen) atoms. The molecule has 0 spiro atoms. The van der Waals surface area contributed by atoms with E-state index in [-0.39, 0.29) is 41.1 Å². The minimum Gasteiger partial charge on any atom is -0.494 e. The molecular weight excluding hydrogens is 617 g/mol. The van der Waals surface area contributed by atoms with Gasteiger partial charge in [-0.3, -0.25) is 13.9 Å². The highest BCUT2D eigenvalue weighted by molar-refractivity contribution is 7.92. The van der Waals surface area contributed by atoms with Crippen molar-refractivity contribution in [1.29, 1.82) is 0 Å². The summed E-state index contributed by atoms with van der Waals surface area (Å²) >= 11 is 0. The summed E-state index contributed by atoms with van der Waals surface area (Å²) in [7, 11) is -4.24. The van der Waals surface area contributed by atoms with Crippen molar-refractivity contribution in [1.82, 2.24) is 10.2 Å². The van der Waals surface area contributed by atoms with Gasteiger partial charge in [-0.2, -0.15) is 0 Å². The van der Waals surface area contributed by atoms with Crippen LogP contribution in [0.3, 0.4) is 0 Å². The summed E-state index contributed by atoms with van der Waals surface area (Å²) < 4.78 is 49.9. The molecule has 1 atom stereocenters. The van der Waals surface area contributed by atoms with Crippen LogP contribution in [0.5, 0.6) is 5.75 Å². The van der Waals surface area contributed by atoms with Crippen LogP contribution in [0.4, 0.5) is 10.1 Å². The van der Waals surface area contributed by atoms with Crippen LogP contribution >= 0.6 is 0 Å². The van der Waals surface area contributed by atoms with Crippen molar-refractivity contribution in [3.63, 3.8) is 0 Å². The Morgan fingerprint density at radius 2 is 1.49 bits per heavy atom. The van der Waals surface area contributed by atoms with Crippen LogP contribution in [0.1, 0.15) is 43.7 Å². The van der Waals surface area contributed by atoms with Gasteiger partial charge in [-0.1, -0.05) is 79.6 Å². The summed E-state index contributed by atoms with van der Waals surface area (Å²) in [4.78, 5) is 29.9. The van der Waals surface area contributed by atoms with Gasteiger partial charge in [0, 0.05) is 24.6 Å². The first-order valence-corrected chi connectivity index (χ1v) is 17.4. The highest BCUT2D eigenvalue weighted by Gasteiger charge is 2.36. The van der Waals surface area contributed by atoms with Gasteiger partial charge < -0.3 is 15.0 Å². The number of hydrogen-bond donors (Lipinski definition) is 1. The third-order valence-corrected chi connectivity index (χ3v) is 10.1. The number of anilines is 1. The Morgan fingerprint density at radius 3 is 2.13 bits per heavy atom. The maximum absolute atomic E-state index is 15.1. The van der Waals surface area contributed by atoms with Crippen LogP contribution in [-0.4, -0.2) is 50.4 Å². The maximum atomic E-state index is 15.1. The number of sulfonamides is 1. The zero-order valence-corrected chi connectivity index (χ0v) is 27.2. The van der Waals surface area contributed by atoms with Crippen molar-refractivity contribution in [2.75, 3.05) is 17.5 Å². The lowest BCUT2D eigenvalue weighted by atomic mass is 10.0. The van der Waals surface area contributed by atoms with Crippen molar-refractivity contribution in [3.05, 3.63) is 126 Å². The van der Waals surface area contributed by atoms with Crippen molar-refractivity contribution < 1.29 is 27.1 Å². The Balaban J connectivity index is 1.56. The van der Waals surface area contributed by atoms with Gasteiger partial charge in [0.25, 0.3) is 10.0 Å². The SMILES string of the molecule is CCOc1ccc(N(CC(=O)N(Cc2ccccc2F)C(Cc2ccccc2)C(=O)NC2CCCC2)S(=O)(=O)c2ccccc2)cc1. The lowest BCUT2D eigenvalue weighted by molar-refractivity contribution is -0.140. The average molecular weight is 658 g/mol. The molecule has 246 valence electrons. The summed E-state index contributed by atoms with van der Waals surface area (Å²) in [5.41, 5.74) is 1.27. The van der Waals surface area contributed by atoms with Crippen molar-refractivity contribution >= 4 is 27.5 Å². The lowest BCUT2D eigenvalue weighted by Gasteiger charge is -2.34. The molecule has 8 nitrogen and oxygen atoms in total. The van der Waals surface area contributed by atoms with Gasteiger partial charge in [0.1, 0.15) is 24.2 Å². The standard InChI is InChI=1S/C37H40FN3O5S/c1-2-46-32-23-21-31(22-24-32)41(47(44,45)33-18-7-4-8-19-33)27-36(42)40(26-29-15-9-12-20-34(29)38)35(25-28-13-5-3-6-14-28)37(43)39-30-16-10-11-17-30/h3-9,12-15,18-24,30,35H,2,10-11,16-17,25-27H2,1H3,(H,39,43). The fraction of sp³-hybridized carbons (Fsp3) is 0.297. The van der Waals surface area contributed by atoms with Crippen LogP contribution in [0.2, 0.25) is 0 Å². The van der Waals surface area contributed by atoms with E-state index in [1.54, 1.807) is 60.7 Å². The highest BCUT2D eigenvalue weighted by atomic mass is 32.2. The molecule has 5 rings (SSSR count). The number of halogens is 1. The molecule has 1 aliphatic carbocycles. The van der Waals surface area contributed by atoms with Crippen molar-refractivity contribution in [2.24, 2.45) is 0 Å². The summed E-state index contributed by atoms with van der Waals surface area (Å²) in [5.74, 6) is -0.985. The molecule has 0 saturated heterocycles. The Kier molecular flexibility index (Phi) is 11.3. The zero-order valence-electron chi connectivity index (χ0n) is 26.4. The first kappa shape index (κ1) is 33.7. The predicted molar refractivity (Wildman–Crippen MR) is 180 cm³/mol. The first-order valence-electron chi connectivity index (χ1n) is 15.9. The van der Waals surface area contributed by atoms with Gasteiger partial charge in [0.05, 0.1) is 17.2 Å². The Morgan fingerprint density at radius 1 is 0.872 bits per heavy atom. The second-order valence-electron chi connectivity index (χ2n) is 11.6. The largest absolute Gasteiger partial charge is 0.494 e. The Bertz CT molecular complexity index is 1730. The zero-order chi connectivity index (χ0) is 33.2. The van der Waals surface area contributed by atoms with Crippen molar-refractivity contribution in [3.8, 4) is 5.75 Å². The third-order valence-electron chi connectivity index (χ3n) is 8.32. The summed E-state index contributed by atoms with van der Waals surface area (Å²) in [6.45, 7) is 1.42. The molecule has 4 aromatic carbocycles. The third kappa shape index (κ3) is 8.56. The molecule has 10 heteroatoms. The molecule has 4 aromatic rings. The second kappa shape index (κ2) is 15.7. The van der Waals surface area contributed by atoms with E-state index >= 15 is 4.39 Å². The molecule has 0 bridgehead atoms. The molecule has 0 aromatic heterocycles. The molecule has 1 saturated carbocycles. The number of carbonyl (C=O) groups excluding carboxylic acids is 2. The van der Waals surface area contributed by atoms with E-state index < -0.39 is 34.3 Å². The maximum Gasteiger partial charge on any atom is 0.264 e. The van der Waals surface area contributed by atoms with E-state index in [2.05, 4.69) is 5.32 Å². The number of carbonyl (C=O) groups is 2. The van der Waals surface area contributed by atoms with Gasteiger partial charge in [-0.15, -0.1) is 0 Å². The molecule has 1 aliphatic rings. The average Bonchev–Trinajstić information content (AvgIpc) is 3.60. The van der Waals surface area contributed by atoms with E-state index in [1.807, 2.05) is 37.3 Å². The number of rotatable bonds is 14. The number of nitrogens with zero attached hydrogens (tertiary/aromatic N) is 2. The van der Waals surface area contributed by atoms with Crippen LogP contribution in [0.15, 0.2) is 114 Å². The molecular formula is C37H40FN3O5S. The molecule has 2 amide bonds. The quantitative estimate of drug-likeness (QED) is 0.176. The number of hydrogen-bond acceptors (Lipinski definition) is 5. The van der Waals surface area contributed by atoms with E-state index in [0.29, 0.717) is 12.4 Å². The van der Waals surface area contributed by atoms with Crippen LogP contribution in [0, 0.1) is 5.82 Å². The molecule has 0 aliphatic heterocycles. The molecule has 1 N–H and O–H groups in total. The number of nitrogens with one attached hydrogen (secondary N) is 1. The van der Waals surface area contributed by atoms with Gasteiger partial charge >= 0.3 is 0 Å². The summed E-state index contributed by atoms with van der Waals surface area (Å²) in [6, 6.07) is 28.6. The van der Waals surface area contributed by atoms with E-state index in [0.717, 1.165) is 35.6 Å². The van der Waals surface area contributed by atoms with E-state index in [4.69, 9.17) is 4.74 Å². The van der Waals surface area contributed by atoms with Gasteiger partial charge in [-0.05, 0) is 67.8 Å². The smallest absolute Gasteiger partial charge is 0.264 e.